The summed E-state index contributed by atoms with van der Waals surface area (Å²) in [4.78, 5) is 22.4. The van der Waals surface area contributed by atoms with Crippen LogP contribution in [-0.4, -0.2) is 41.0 Å². The number of carbonyl (C=O) groups is 1. The Labute approximate surface area is 113 Å². The number of aromatic nitrogens is 2. The Bertz CT molecular complexity index is 460. The molecule has 1 aromatic heterocycles. The highest BCUT2D eigenvalue weighted by molar-refractivity contribution is 5.90. The van der Waals surface area contributed by atoms with Gasteiger partial charge < -0.3 is 15.5 Å². The van der Waals surface area contributed by atoms with Crippen molar-refractivity contribution in [3.8, 4) is 0 Å². The summed E-state index contributed by atoms with van der Waals surface area (Å²) in [5.74, 6) is 1.61. The van der Waals surface area contributed by atoms with E-state index in [1.165, 1.54) is 6.33 Å². The molecule has 6 heteroatoms. The second-order valence-electron chi connectivity index (χ2n) is 5.15. The maximum absolute atomic E-state index is 11.9. The van der Waals surface area contributed by atoms with Crippen LogP contribution in [0.15, 0.2) is 12.4 Å². The zero-order chi connectivity index (χ0) is 13.9. The molecule has 0 aliphatic carbocycles. The van der Waals surface area contributed by atoms with Crippen molar-refractivity contribution in [3.63, 3.8) is 0 Å². The SMILES string of the molecule is CCCNc1cc(N2CCNC(=O)C2(C)C)ncn1. The highest BCUT2D eigenvalue weighted by Crippen LogP contribution is 2.25. The van der Waals surface area contributed by atoms with Gasteiger partial charge in [0.15, 0.2) is 0 Å². The molecule has 1 amide bonds. The fourth-order valence-corrected chi connectivity index (χ4v) is 2.14. The molecule has 0 unspecified atom stereocenters. The zero-order valence-electron chi connectivity index (χ0n) is 11.7. The first kappa shape index (κ1) is 13.6. The first-order chi connectivity index (χ1) is 9.05. The van der Waals surface area contributed by atoms with Crippen LogP contribution in [0.5, 0.6) is 0 Å². The van der Waals surface area contributed by atoms with E-state index < -0.39 is 5.54 Å². The van der Waals surface area contributed by atoms with E-state index in [1.807, 2.05) is 24.8 Å². The van der Waals surface area contributed by atoms with Gasteiger partial charge in [-0.05, 0) is 20.3 Å². The van der Waals surface area contributed by atoms with Gasteiger partial charge in [-0.15, -0.1) is 0 Å². The Hall–Kier alpha value is -1.85. The van der Waals surface area contributed by atoms with E-state index in [9.17, 15) is 4.79 Å². The summed E-state index contributed by atoms with van der Waals surface area (Å²) >= 11 is 0. The van der Waals surface area contributed by atoms with Gasteiger partial charge >= 0.3 is 0 Å². The normalized spacial score (nSPS) is 18.1. The number of nitrogens with one attached hydrogen (secondary N) is 2. The smallest absolute Gasteiger partial charge is 0.245 e. The Kier molecular flexibility index (Phi) is 3.87. The molecule has 1 fully saturated rings. The molecule has 1 aliphatic heterocycles. The number of rotatable bonds is 4. The van der Waals surface area contributed by atoms with E-state index in [-0.39, 0.29) is 5.91 Å². The van der Waals surface area contributed by atoms with Crippen molar-refractivity contribution in [2.45, 2.75) is 32.7 Å². The van der Waals surface area contributed by atoms with Gasteiger partial charge in [0, 0.05) is 25.7 Å². The third kappa shape index (κ3) is 2.77. The summed E-state index contributed by atoms with van der Waals surface area (Å²) in [5.41, 5.74) is -0.589. The summed E-state index contributed by atoms with van der Waals surface area (Å²) in [6.07, 6.45) is 2.58. The van der Waals surface area contributed by atoms with Crippen LogP contribution in [0, 0.1) is 0 Å². The molecule has 0 saturated carbocycles. The quantitative estimate of drug-likeness (QED) is 0.848. The van der Waals surface area contributed by atoms with Gasteiger partial charge in [0.1, 0.15) is 23.5 Å². The molecular weight excluding hydrogens is 242 g/mol. The number of piperazine rings is 1. The predicted molar refractivity (Wildman–Crippen MR) is 75.2 cm³/mol. The minimum absolute atomic E-state index is 0.0282. The van der Waals surface area contributed by atoms with Crippen LogP contribution in [0.25, 0.3) is 0 Å². The van der Waals surface area contributed by atoms with E-state index in [4.69, 9.17) is 0 Å². The van der Waals surface area contributed by atoms with Crippen LogP contribution in [-0.2, 0) is 4.79 Å². The monoisotopic (exact) mass is 263 g/mol. The molecule has 0 bridgehead atoms. The van der Waals surface area contributed by atoms with Gasteiger partial charge in [0.05, 0.1) is 0 Å². The first-order valence-electron chi connectivity index (χ1n) is 6.67. The Morgan fingerprint density at radius 1 is 1.47 bits per heavy atom. The minimum atomic E-state index is -0.589. The van der Waals surface area contributed by atoms with Gasteiger partial charge in [-0.1, -0.05) is 6.92 Å². The molecule has 1 saturated heterocycles. The third-order valence-corrected chi connectivity index (χ3v) is 3.34. The van der Waals surface area contributed by atoms with Crippen molar-refractivity contribution in [1.29, 1.82) is 0 Å². The Morgan fingerprint density at radius 2 is 2.26 bits per heavy atom. The van der Waals surface area contributed by atoms with Crippen molar-refractivity contribution in [2.75, 3.05) is 29.9 Å². The second-order valence-corrected chi connectivity index (χ2v) is 5.15. The average Bonchev–Trinajstić information content (AvgIpc) is 2.40. The molecule has 104 valence electrons. The maximum atomic E-state index is 11.9. The summed E-state index contributed by atoms with van der Waals surface area (Å²) in [7, 11) is 0. The van der Waals surface area contributed by atoms with Crippen LogP contribution >= 0.6 is 0 Å². The molecule has 0 radical (unpaired) electrons. The predicted octanol–water partition coefficient (Wildman–Crippen LogP) is 1.01. The molecule has 19 heavy (non-hydrogen) atoms. The van der Waals surface area contributed by atoms with Crippen molar-refractivity contribution in [2.24, 2.45) is 0 Å². The lowest BCUT2D eigenvalue weighted by Gasteiger charge is -2.41. The lowest BCUT2D eigenvalue weighted by atomic mass is 9.99. The summed E-state index contributed by atoms with van der Waals surface area (Å²) < 4.78 is 0. The van der Waals surface area contributed by atoms with Gasteiger partial charge in [0.25, 0.3) is 0 Å². The van der Waals surface area contributed by atoms with E-state index in [0.717, 1.165) is 31.1 Å². The molecular formula is C13H21N5O. The van der Waals surface area contributed by atoms with Gasteiger partial charge in [0.2, 0.25) is 5.91 Å². The van der Waals surface area contributed by atoms with Crippen LogP contribution < -0.4 is 15.5 Å². The van der Waals surface area contributed by atoms with Crippen molar-refractivity contribution in [3.05, 3.63) is 12.4 Å². The molecule has 0 atom stereocenters. The highest BCUT2D eigenvalue weighted by Gasteiger charge is 2.38. The lowest BCUT2D eigenvalue weighted by molar-refractivity contribution is -0.126. The summed E-state index contributed by atoms with van der Waals surface area (Å²) in [6.45, 7) is 8.19. The van der Waals surface area contributed by atoms with Gasteiger partial charge in [-0.25, -0.2) is 9.97 Å². The third-order valence-electron chi connectivity index (χ3n) is 3.34. The lowest BCUT2D eigenvalue weighted by Crippen LogP contribution is -2.62. The minimum Gasteiger partial charge on any atom is -0.370 e. The molecule has 2 heterocycles. The largest absolute Gasteiger partial charge is 0.370 e. The Balaban J connectivity index is 2.23. The van der Waals surface area contributed by atoms with Crippen molar-refractivity contribution < 1.29 is 4.79 Å². The summed E-state index contributed by atoms with van der Waals surface area (Å²) in [6, 6.07) is 1.90. The number of amides is 1. The van der Waals surface area contributed by atoms with E-state index in [0.29, 0.717) is 6.54 Å². The average molecular weight is 263 g/mol. The molecule has 0 aromatic carbocycles. The van der Waals surface area contributed by atoms with Crippen molar-refractivity contribution in [1.82, 2.24) is 15.3 Å². The van der Waals surface area contributed by atoms with E-state index in [2.05, 4.69) is 27.5 Å². The maximum Gasteiger partial charge on any atom is 0.245 e. The van der Waals surface area contributed by atoms with Crippen molar-refractivity contribution >= 4 is 17.5 Å². The number of hydrogen-bond donors (Lipinski definition) is 2. The molecule has 0 spiro atoms. The Morgan fingerprint density at radius 3 is 3.00 bits per heavy atom. The number of anilines is 2. The van der Waals surface area contributed by atoms with E-state index >= 15 is 0 Å². The van der Waals surface area contributed by atoms with Crippen LogP contribution in [0.3, 0.4) is 0 Å². The number of carbonyl (C=O) groups excluding carboxylic acids is 1. The zero-order valence-corrected chi connectivity index (χ0v) is 11.7. The molecule has 6 nitrogen and oxygen atoms in total. The van der Waals surface area contributed by atoms with Crippen LogP contribution in [0.1, 0.15) is 27.2 Å². The second kappa shape index (κ2) is 5.42. The number of hydrogen-bond acceptors (Lipinski definition) is 5. The topological polar surface area (TPSA) is 70.2 Å². The fourth-order valence-electron chi connectivity index (χ4n) is 2.14. The molecule has 1 aromatic rings. The molecule has 1 aliphatic rings. The molecule has 2 rings (SSSR count). The van der Waals surface area contributed by atoms with Gasteiger partial charge in [-0.3, -0.25) is 4.79 Å². The van der Waals surface area contributed by atoms with Crippen LogP contribution in [0.4, 0.5) is 11.6 Å². The molecule has 2 N–H and O–H groups in total. The van der Waals surface area contributed by atoms with E-state index in [1.54, 1.807) is 0 Å². The summed E-state index contributed by atoms with van der Waals surface area (Å²) in [5, 5.41) is 6.12. The van der Waals surface area contributed by atoms with Crippen LogP contribution in [0.2, 0.25) is 0 Å². The number of nitrogens with zero attached hydrogens (tertiary/aromatic N) is 3. The van der Waals surface area contributed by atoms with Gasteiger partial charge in [-0.2, -0.15) is 0 Å². The first-order valence-corrected chi connectivity index (χ1v) is 6.67. The highest BCUT2D eigenvalue weighted by atomic mass is 16.2. The fraction of sp³-hybridized carbons (Fsp3) is 0.615. The standard InChI is InChI=1S/C13H21N5O/c1-4-5-14-10-8-11(17-9-16-10)18-7-6-15-12(19)13(18,2)3/h8-9H,4-7H2,1-3H3,(H,15,19)(H,14,16,17).